The van der Waals surface area contributed by atoms with Gasteiger partial charge in [-0.15, -0.1) is 0 Å². The fourth-order valence-electron chi connectivity index (χ4n) is 11.5. The van der Waals surface area contributed by atoms with Crippen molar-refractivity contribution in [2.24, 2.45) is 11.3 Å². The van der Waals surface area contributed by atoms with Crippen LogP contribution in [0.25, 0.3) is 44.4 Å². The van der Waals surface area contributed by atoms with Crippen molar-refractivity contribution >= 4 is 44.4 Å². The first-order chi connectivity index (χ1) is 25.6. The lowest BCUT2D eigenvalue weighted by atomic mass is 9.46. The largest absolute Gasteiger partial charge is 0.311 e. The SMILES string of the molecule is CCC1=C2C(=Cc3c(n4c5ccccc5c5cccc3c54)C1)c1cccc[n+]1C1(CC)C(CCCC3CC=CC=C3c3ccccc3C)=CC21CC. The lowest BCUT2D eigenvalue weighted by Crippen LogP contribution is -2.74. The van der Waals surface area contributed by atoms with E-state index in [0.29, 0.717) is 5.92 Å². The maximum Gasteiger partial charge on any atom is 0.213 e. The van der Waals surface area contributed by atoms with E-state index < -0.39 is 0 Å². The molecule has 2 heteroatoms. The fourth-order valence-corrected chi connectivity index (χ4v) is 11.5. The normalized spacial score (nSPS) is 23.5. The predicted molar refractivity (Wildman–Crippen MR) is 218 cm³/mol. The number of benzene rings is 3. The Bertz CT molecular complexity index is 2580. The van der Waals surface area contributed by atoms with E-state index in [0.717, 1.165) is 38.5 Å². The standard InChI is InChI=1S/C50H49N2/c1-5-34-30-46-42(41-26-17-25-40-39-24-12-13-28-45(39)52(46)48(40)41)31-43-44-27-14-15-29-51(44)50(7-3)36(32-49(50,6-2)47(34)43)21-16-20-35-19-9-11-23-38(35)37-22-10-8-18-33(37)4/h8-15,17-18,22-29,31-32,35H,5-7,16,19-21,30H2,1-4H3/q+1. The maximum absolute atomic E-state index is 2.77. The predicted octanol–water partition coefficient (Wildman–Crippen LogP) is 12.4. The van der Waals surface area contributed by atoms with E-state index in [1.807, 2.05) is 0 Å². The summed E-state index contributed by atoms with van der Waals surface area (Å²) in [7, 11) is 0. The molecule has 3 aromatic heterocycles. The molecule has 52 heavy (non-hydrogen) atoms. The number of aromatic nitrogens is 2. The Labute approximate surface area is 308 Å². The van der Waals surface area contributed by atoms with Gasteiger partial charge in [0.25, 0.3) is 0 Å². The van der Waals surface area contributed by atoms with Crippen LogP contribution >= 0.6 is 0 Å². The monoisotopic (exact) mass is 677 g/mol. The van der Waals surface area contributed by atoms with Gasteiger partial charge in [-0.25, -0.2) is 0 Å². The Morgan fingerprint density at radius 2 is 1.65 bits per heavy atom. The van der Waals surface area contributed by atoms with Crippen LogP contribution in [0.15, 0.2) is 132 Å². The Morgan fingerprint density at radius 1 is 0.846 bits per heavy atom. The molecule has 3 aliphatic carbocycles. The third-order valence-electron chi connectivity index (χ3n) is 13.8. The highest BCUT2D eigenvalue weighted by Crippen LogP contribution is 2.66. The van der Waals surface area contributed by atoms with Gasteiger partial charge in [-0.05, 0) is 97.4 Å². The van der Waals surface area contributed by atoms with Crippen LogP contribution in [-0.4, -0.2) is 4.40 Å². The number of para-hydroxylation sites is 2. The summed E-state index contributed by atoms with van der Waals surface area (Å²) in [4.78, 5) is 0. The van der Waals surface area contributed by atoms with Gasteiger partial charge in [0.05, 0.1) is 22.0 Å². The van der Waals surface area contributed by atoms with E-state index in [1.165, 1.54) is 79.3 Å². The molecular formula is C50H49N2+. The topological polar surface area (TPSA) is 8.29 Å². The molecule has 0 radical (unpaired) electrons. The Kier molecular flexibility index (Phi) is 7.20. The number of nitrogens with zero attached hydrogens (tertiary/aromatic N) is 2. The van der Waals surface area contributed by atoms with Crippen molar-refractivity contribution < 1.29 is 4.57 Å². The average molecular weight is 678 g/mol. The van der Waals surface area contributed by atoms with Crippen molar-refractivity contribution in [2.45, 2.75) is 84.6 Å². The molecule has 0 saturated heterocycles. The lowest BCUT2D eigenvalue weighted by molar-refractivity contribution is -0.777. The second kappa shape index (κ2) is 11.8. The Hall–Kier alpha value is -4.95. The molecule has 10 rings (SSSR count). The molecule has 0 fully saturated rings. The summed E-state index contributed by atoms with van der Waals surface area (Å²) < 4.78 is 5.35. The third kappa shape index (κ3) is 4.04. The first kappa shape index (κ1) is 31.8. The van der Waals surface area contributed by atoms with Gasteiger partial charge in [-0.2, -0.15) is 4.57 Å². The minimum absolute atomic E-state index is 0.0274. The fraction of sp³-hybridized carbons (Fsp3) is 0.300. The van der Waals surface area contributed by atoms with Gasteiger partial charge in [0.2, 0.25) is 11.2 Å². The van der Waals surface area contributed by atoms with Gasteiger partial charge in [-0.1, -0.05) is 111 Å². The lowest BCUT2D eigenvalue weighted by Gasteiger charge is -2.57. The van der Waals surface area contributed by atoms with Crippen LogP contribution < -0.4 is 4.57 Å². The molecule has 0 amide bonds. The molecule has 4 aliphatic rings. The zero-order valence-electron chi connectivity index (χ0n) is 31.2. The Balaban J connectivity index is 1.10. The summed E-state index contributed by atoms with van der Waals surface area (Å²) in [6.45, 7) is 9.59. The van der Waals surface area contributed by atoms with E-state index in [-0.39, 0.29) is 11.0 Å². The van der Waals surface area contributed by atoms with Crippen molar-refractivity contribution in [1.82, 2.24) is 4.40 Å². The second-order valence-corrected chi connectivity index (χ2v) is 15.8. The molecule has 3 aromatic carbocycles. The number of allylic oxidation sites excluding steroid dienone is 9. The quantitative estimate of drug-likeness (QED) is 0.112. The van der Waals surface area contributed by atoms with Crippen LogP contribution in [0.2, 0.25) is 0 Å². The van der Waals surface area contributed by atoms with E-state index in [2.05, 4.69) is 158 Å². The molecule has 0 bridgehead atoms. The highest BCUT2D eigenvalue weighted by atomic mass is 15.1. The van der Waals surface area contributed by atoms with E-state index in [9.17, 15) is 0 Å². The van der Waals surface area contributed by atoms with Crippen LogP contribution in [0, 0.1) is 18.3 Å². The first-order valence-electron chi connectivity index (χ1n) is 19.9. The minimum Gasteiger partial charge on any atom is -0.311 e. The summed E-state index contributed by atoms with van der Waals surface area (Å²) >= 11 is 0. The molecule has 4 heterocycles. The summed E-state index contributed by atoms with van der Waals surface area (Å²) in [6.07, 6.45) is 23.8. The molecule has 3 unspecified atom stereocenters. The van der Waals surface area contributed by atoms with Crippen molar-refractivity contribution in [2.75, 3.05) is 0 Å². The first-order valence-corrected chi connectivity index (χ1v) is 19.9. The maximum atomic E-state index is 2.77. The van der Waals surface area contributed by atoms with Crippen LogP contribution in [0.3, 0.4) is 0 Å². The number of hydrogen-bond acceptors (Lipinski definition) is 0. The van der Waals surface area contributed by atoms with Crippen molar-refractivity contribution in [3.8, 4) is 0 Å². The van der Waals surface area contributed by atoms with E-state index in [1.54, 1.807) is 16.7 Å². The molecule has 6 aromatic rings. The molecule has 0 N–H and O–H groups in total. The minimum atomic E-state index is -0.0489. The number of hydrogen-bond donors (Lipinski definition) is 0. The van der Waals surface area contributed by atoms with Crippen molar-refractivity contribution in [3.63, 3.8) is 0 Å². The van der Waals surface area contributed by atoms with Gasteiger partial charge in [0.1, 0.15) is 0 Å². The smallest absolute Gasteiger partial charge is 0.213 e. The van der Waals surface area contributed by atoms with Crippen molar-refractivity contribution in [1.29, 1.82) is 0 Å². The van der Waals surface area contributed by atoms with Gasteiger partial charge in [0.15, 0.2) is 6.20 Å². The summed E-state index contributed by atoms with van der Waals surface area (Å²) in [5.74, 6) is 0.574. The summed E-state index contributed by atoms with van der Waals surface area (Å²) in [5.41, 5.74) is 17.5. The van der Waals surface area contributed by atoms with Gasteiger partial charge in [-0.3, -0.25) is 0 Å². The second-order valence-electron chi connectivity index (χ2n) is 15.8. The Morgan fingerprint density at radius 3 is 2.50 bits per heavy atom. The van der Waals surface area contributed by atoms with Crippen LogP contribution in [0.1, 0.15) is 93.8 Å². The van der Waals surface area contributed by atoms with E-state index in [4.69, 9.17) is 0 Å². The van der Waals surface area contributed by atoms with Crippen molar-refractivity contribution in [3.05, 3.63) is 160 Å². The van der Waals surface area contributed by atoms with Crippen LogP contribution in [0.4, 0.5) is 0 Å². The van der Waals surface area contributed by atoms with E-state index >= 15 is 0 Å². The highest BCUT2D eigenvalue weighted by Gasteiger charge is 2.70. The summed E-state index contributed by atoms with van der Waals surface area (Å²) in [5, 5.41) is 4.11. The highest BCUT2D eigenvalue weighted by molar-refractivity contribution is 6.17. The van der Waals surface area contributed by atoms with Crippen LogP contribution in [-0.2, 0) is 12.0 Å². The molecule has 3 atom stereocenters. The zero-order chi connectivity index (χ0) is 35.2. The van der Waals surface area contributed by atoms with Crippen LogP contribution in [0.5, 0.6) is 0 Å². The van der Waals surface area contributed by atoms with Gasteiger partial charge < -0.3 is 4.40 Å². The molecule has 1 aliphatic heterocycles. The van der Waals surface area contributed by atoms with Gasteiger partial charge in [0, 0.05) is 52.4 Å². The average Bonchev–Trinajstić information content (AvgIpc) is 3.61. The molecule has 0 spiro atoms. The summed E-state index contributed by atoms with van der Waals surface area (Å²) in [6, 6.07) is 31.9. The molecule has 258 valence electrons. The number of pyridine rings is 1. The zero-order valence-corrected chi connectivity index (χ0v) is 31.2. The molecule has 0 saturated carbocycles. The van der Waals surface area contributed by atoms with Gasteiger partial charge >= 0.3 is 0 Å². The molecular weight excluding hydrogens is 629 g/mol. The number of rotatable bonds is 8. The number of aryl methyl sites for hydroxylation is 1. The number of fused-ring (bicyclic) bond motifs is 12. The third-order valence-corrected chi connectivity index (χ3v) is 13.8. The molecule has 2 nitrogen and oxygen atoms in total.